The van der Waals surface area contributed by atoms with Crippen molar-refractivity contribution >= 4 is 15.7 Å². The number of nitrogens with zero attached hydrogens (tertiary/aromatic N) is 3. The highest BCUT2D eigenvalue weighted by Crippen LogP contribution is 2.28. The molecule has 0 saturated carbocycles. The Kier molecular flexibility index (Phi) is 3.00. The molecule has 1 aromatic heterocycles. The number of nitro benzene ring substituents is 1. The van der Waals surface area contributed by atoms with E-state index < -0.39 is 31.6 Å². The predicted molar refractivity (Wildman–Crippen MR) is 59.8 cm³/mol. The zero-order valence-electron chi connectivity index (χ0n) is 9.07. The fourth-order valence-corrected chi connectivity index (χ4v) is 1.73. The van der Waals surface area contributed by atoms with Gasteiger partial charge >= 0.3 is 0 Å². The molecule has 19 heavy (non-hydrogen) atoms. The Morgan fingerprint density at radius 1 is 1.42 bits per heavy atom. The summed E-state index contributed by atoms with van der Waals surface area (Å²) in [5.74, 6) is -1.08. The topological polar surface area (TPSA) is 145 Å². The molecule has 0 amide bonds. The van der Waals surface area contributed by atoms with E-state index in [2.05, 4.69) is 10.1 Å². The number of nitrogens with one attached hydrogen (secondary N) is 1. The minimum Gasteiger partial charge on any atom is -0.258 e. The molecule has 2 rings (SSSR count). The molecule has 0 radical (unpaired) electrons. The lowest BCUT2D eigenvalue weighted by molar-refractivity contribution is -0.384. The first-order valence-electron chi connectivity index (χ1n) is 4.68. The molecule has 9 nitrogen and oxygen atoms in total. The minimum absolute atomic E-state index is 0.127. The maximum Gasteiger partial charge on any atom is 0.283 e. The van der Waals surface area contributed by atoms with E-state index in [1.165, 1.54) is 0 Å². The highest BCUT2D eigenvalue weighted by molar-refractivity contribution is 7.89. The molecule has 11 heteroatoms. The molecule has 0 aliphatic heterocycles. The fourth-order valence-electron chi connectivity index (χ4n) is 1.34. The van der Waals surface area contributed by atoms with Gasteiger partial charge in [-0.2, -0.15) is 10.1 Å². The monoisotopic (exact) mass is 287 g/mol. The molecule has 0 unspecified atom stereocenters. The van der Waals surface area contributed by atoms with Gasteiger partial charge in [0.25, 0.3) is 20.9 Å². The average Bonchev–Trinajstić information content (AvgIpc) is 2.77. The number of primary sulfonamides is 1. The van der Waals surface area contributed by atoms with Gasteiger partial charge in [-0.25, -0.2) is 23.0 Å². The van der Waals surface area contributed by atoms with Crippen LogP contribution in [0.1, 0.15) is 0 Å². The van der Waals surface area contributed by atoms with Crippen LogP contribution in [0.4, 0.5) is 10.1 Å². The summed E-state index contributed by atoms with van der Waals surface area (Å²) in [7, 11) is -4.10. The first-order valence-corrected chi connectivity index (χ1v) is 6.23. The van der Waals surface area contributed by atoms with Crippen LogP contribution in [-0.4, -0.2) is 28.5 Å². The highest BCUT2D eigenvalue weighted by Gasteiger charge is 2.22. The van der Waals surface area contributed by atoms with Crippen LogP contribution in [0.25, 0.3) is 11.4 Å². The van der Waals surface area contributed by atoms with Crippen molar-refractivity contribution in [1.29, 1.82) is 0 Å². The van der Waals surface area contributed by atoms with E-state index in [1.54, 1.807) is 0 Å². The van der Waals surface area contributed by atoms with E-state index in [1.807, 2.05) is 5.10 Å². The van der Waals surface area contributed by atoms with Gasteiger partial charge in [-0.1, -0.05) is 0 Å². The molecule has 0 aliphatic carbocycles. The number of benzene rings is 1. The summed E-state index contributed by atoms with van der Waals surface area (Å²) < 4.78 is 34.9. The van der Waals surface area contributed by atoms with Crippen molar-refractivity contribution in [3.63, 3.8) is 0 Å². The molecule has 1 heterocycles. The lowest BCUT2D eigenvalue weighted by Gasteiger charge is -1.98. The second-order valence-corrected chi connectivity index (χ2v) is 4.90. The van der Waals surface area contributed by atoms with Crippen LogP contribution in [-0.2, 0) is 10.0 Å². The normalized spacial score (nSPS) is 11.5. The summed E-state index contributed by atoms with van der Waals surface area (Å²) in [6.45, 7) is 0. The largest absolute Gasteiger partial charge is 0.283 e. The van der Waals surface area contributed by atoms with E-state index >= 15 is 0 Å². The van der Waals surface area contributed by atoms with Crippen LogP contribution < -0.4 is 5.14 Å². The van der Waals surface area contributed by atoms with Crippen molar-refractivity contribution in [2.24, 2.45) is 5.14 Å². The van der Waals surface area contributed by atoms with Crippen LogP contribution in [0.5, 0.6) is 0 Å². The standard InChI is InChI=1S/C8H6FN5O4S/c9-4-1-2-5(6(3-4)14(15)16)7-11-8(13-12-7)19(10,17)18/h1-3H,(H2,10,17,18)(H,11,12,13). The summed E-state index contributed by atoms with van der Waals surface area (Å²) in [5, 5.41) is 20.5. The zero-order valence-corrected chi connectivity index (χ0v) is 9.89. The van der Waals surface area contributed by atoms with Crippen LogP contribution in [0.3, 0.4) is 0 Å². The van der Waals surface area contributed by atoms with E-state index in [9.17, 15) is 22.9 Å². The van der Waals surface area contributed by atoms with Crippen LogP contribution in [0.15, 0.2) is 23.4 Å². The molecule has 0 saturated heterocycles. The number of hydrogen-bond donors (Lipinski definition) is 2. The Morgan fingerprint density at radius 2 is 2.11 bits per heavy atom. The molecule has 100 valence electrons. The van der Waals surface area contributed by atoms with Gasteiger partial charge in [0.2, 0.25) is 0 Å². The number of H-pyrrole nitrogens is 1. The Labute approximate surface area is 105 Å². The average molecular weight is 287 g/mol. The molecule has 2 aromatic rings. The molecule has 1 aromatic carbocycles. The molecule has 0 bridgehead atoms. The Hall–Kier alpha value is -2.40. The molecule has 0 aliphatic rings. The molecular weight excluding hydrogens is 281 g/mol. The van der Waals surface area contributed by atoms with Crippen molar-refractivity contribution in [2.75, 3.05) is 0 Å². The summed E-state index contributed by atoms with van der Waals surface area (Å²) in [6.07, 6.45) is 0. The smallest absolute Gasteiger partial charge is 0.258 e. The van der Waals surface area contributed by atoms with E-state index in [4.69, 9.17) is 5.14 Å². The van der Waals surface area contributed by atoms with Crippen LogP contribution in [0, 0.1) is 15.9 Å². The highest BCUT2D eigenvalue weighted by atomic mass is 32.2. The SMILES string of the molecule is NS(=O)(=O)c1nc(-c2ccc(F)cc2[N+](=O)[O-])n[nH]1. The number of nitro groups is 1. The van der Waals surface area contributed by atoms with Gasteiger partial charge < -0.3 is 0 Å². The van der Waals surface area contributed by atoms with Gasteiger partial charge in [0.1, 0.15) is 5.82 Å². The Bertz CT molecular complexity index is 756. The van der Waals surface area contributed by atoms with Crippen molar-refractivity contribution in [3.05, 3.63) is 34.1 Å². The minimum atomic E-state index is -4.10. The third kappa shape index (κ3) is 2.56. The van der Waals surface area contributed by atoms with Crippen LogP contribution >= 0.6 is 0 Å². The lowest BCUT2D eigenvalue weighted by Crippen LogP contribution is -2.13. The zero-order chi connectivity index (χ0) is 14.2. The first-order chi connectivity index (χ1) is 8.79. The Morgan fingerprint density at radius 3 is 2.63 bits per heavy atom. The quantitative estimate of drug-likeness (QED) is 0.607. The fraction of sp³-hybridized carbons (Fsp3) is 0. The Balaban J connectivity index is 2.60. The second kappa shape index (κ2) is 4.37. The van der Waals surface area contributed by atoms with Crippen molar-refractivity contribution < 1.29 is 17.7 Å². The summed E-state index contributed by atoms with van der Waals surface area (Å²) >= 11 is 0. The second-order valence-electron chi connectivity index (χ2n) is 3.43. The first kappa shape index (κ1) is 13.0. The van der Waals surface area contributed by atoms with E-state index in [0.717, 1.165) is 12.1 Å². The molecule has 0 fully saturated rings. The van der Waals surface area contributed by atoms with Crippen molar-refractivity contribution in [2.45, 2.75) is 5.16 Å². The molecule has 0 spiro atoms. The van der Waals surface area contributed by atoms with Gasteiger partial charge in [-0.3, -0.25) is 10.1 Å². The number of aromatic nitrogens is 3. The van der Waals surface area contributed by atoms with Gasteiger partial charge in [-0.15, -0.1) is 0 Å². The molecule has 3 N–H and O–H groups in total. The van der Waals surface area contributed by atoms with E-state index in [-0.39, 0.29) is 11.4 Å². The van der Waals surface area contributed by atoms with Gasteiger partial charge in [0.15, 0.2) is 5.82 Å². The third-order valence-electron chi connectivity index (χ3n) is 2.13. The van der Waals surface area contributed by atoms with Gasteiger partial charge in [0, 0.05) is 0 Å². The van der Waals surface area contributed by atoms with Gasteiger partial charge in [-0.05, 0) is 12.1 Å². The number of nitrogens with two attached hydrogens (primary N) is 1. The molecule has 0 atom stereocenters. The molecular formula is C8H6FN5O4S. The number of sulfonamides is 1. The number of hydrogen-bond acceptors (Lipinski definition) is 6. The van der Waals surface area contributed by atoms with E-state index in [0.29, 0.717) is 6.07 Å². The van der Waals surface area contributed by atoms with Crippen molar-refractivity contribution in [3.8, 4) is 11.4 Å². The number of halogens is 1. The summed E-state index contributed by atoms with van der Waals surface area (Å²) in [4.78, 5) is 13.5. The maximum absolute atomic E-state index is 12.9. The van der Waals surface area contributed by atoms with Gasteiger partial charge in [0.05, 0.1) is 16.6 Å². The third-order valence-corrected chi connectivity index (χ3v) is 2.85. The number of aromatic amines is 1. The summed E-state index contributed by atoms with van der Waals surface area (Å²) in [5.41, 5.74) is -0.711. The lowest BCUT2D eigenvalue weighted by atomic mass is 10.1. The number of rotatable bonds is 3. The van der Waals surface area contributed by atoms with Crippen LogP contribution in [0.2, 0.25) is 0 Å². The predicted octanol–water partition coefficient (Wildman–Crippen LogP) is 0.166. The van der Waals surface area contributed by atoms with Crippen molar-refractivity contribution in [1.82, 2.24) is 15.2 Å². The summed E-state index contributed by atoms with van der Waals surface area (Å²) in [6, 6.07) is 2.72. The maximum atomic E-state index is 12.9.